The first kappa shape index (κ1) is 25.9. The van der Waals surface area contributed by atoms with Gasteiger partial charge in [0, 0.05) is 38.9 Å². The molecule has 4 aliphatic carbocycles. The van der Waals surface area contributed by atoms with Crippen LogP contribution in [0.25, 0.3) is 0 Å². The largest absolute Gasteiger partial charge is 0.390 e. The van der Waals surface area contributed by atoms with E-state index in [1.165, 1.54) is 31.5 Å². The quantitative estimate of drug-likeness (QED) is 0.638. The molecule has 7 rings (SSSR count). The molecule has 4 bridgehead atoms. The Morgan fingerprint density at radius 2 is 1.65 bits per heavy atom. The molecule has 3 N–H and O–H groups in total. The lowest BCUT2D eigenvalue weighted by molar-refractivity contribution is -0.124. The number of hydrogen-bond acceptors (Lipinski definition) is 7. The van der Waals surface area contributed by atoms with E-state index in [4.69, 9.17) is 5.73 Å². The van der Waals surface area contributed by atoms with Gasteiger partial charge in [0.1, 0.15) is 11.5 Å². The lowest BCUT2D eigenvalue weighted by Crippen LogP contribution is -2.50. The highest BCUT2D eigenvalue weighted by atomic mass is 19.1. The van der Waals surface area contributed by atoms with Crippen LogP contribution in [0.15, 0.2) is 30.5 Å². The van der Waals surface area contributed by atoms with Gasteiger partial charge in [-0.1, -0.05) is 6.07 Å². The number of amides is 1. The van der Waals surface area contributed by atoms with Crippen LogP contribution in [0, 0.1) is 23.6 Å². The molecule has 0 atom stereocenters. The second kappa shape index (κ2) is 10.5. The molecule has 200 valence electrons. The molecule has 0 spiro atoms. The van der Waals surface area contributed by atoms with Gasteiger partial charge in [-0.15, -0.1) is 0 Å². The minimum Gasteiger partial charge on any atom is -0.390 e. The molecule has 8 nitrogen and oxygen atoms in total. The van der Waals surface area contributed by atoms with Crippen molar-refractivity contribution < 1.29 is 14.3 Å². The van der Waals surface area contributed by atoms with Crippen molar-refractivity contribution >= 4 is 17.5 Å². The normalized spacial score (nSPS) is 28.3. The Kier molecular flexibility index (Phi) is 7.36. The Bertz CT molecular complexity index is 1080. The number of piperazine rings is 1. The minimum atomic E-state index is -0.577. The van der Waals surface area contributed by atoms with E-state index in [-0.39, 0.29) is 17.1 Å². The van der Waals surface area contributed by atoms with Crippen LogP contribution in [0.4, 0.5) is 16.0 Å². The molecule has 1 aromatic heterocycles. The van der Waals surface area contributed by atoms with Crippen LogP contribution in [-0.4, -0.2) is 71.8 Å². The first-order valence-corrected chi connectivity index (χ1v) is 13.5. The van der Waals surface area contributed by atoms with Crippen LogP contribution in [0.1, 0.15) is 54.6 Å². The number of aromatic nitrogens is 2. The van der Waals surface area contributed by atoms with Crippen molar-refractivity contribution in [2.75, 3.05) is 50.1 Å². The third kappa shape index (κ3) is 6.04. The molecule has 1 aliphatic heterocycles. The van der Waals surface area contributed by atoms with E-state index in [1.807, 2.05) is 40.9 Å². The zero-order valence-electron chi connectivity index (χ0n) is 21.9. The van der Waals surface area contributed by atoms with Gasteiger partial charge in [-0.25, -0.2) is 14.4 Å². The molecule has 37 heavy (non-hydrogen) atoms. The fourth-order valence-corrected chi connectivity index (χ4v) is 7.12. The molecular formula is C28H39FN6O2. The van der Waals surface area contributed by atoms with Crippen molar-refractivity contribution in [3.63, 3.8) is 0 Å². The molecule has 0 unspecified atom stereocenters. The number of hydrogen-bond donors (Lipinski definition) is 2. The predicted octanol–water partition coefficient (Wildman–Crippen LogP) is 3.05. The highest BCUT2D eigenvalue weighted by Crippen LogP contribution is 2.55. The Labute approximate surface area is 218 Å². The summed E-state index contributed by atoms with van der Waals surface area (Å²) in [4.78, 5) is 25.7. The summed E-state index contributed by atoms with van der Waals surface area (Å²) < 4.78 is 14.5. The van der Waals surface area contributed by atoms with Crippen molar-refractivity contribution in [3.8, 4) is 0 Å². The number of aliphatic hydroxyl groups is 1. The fraction of sp³-hybridized carbons (Fsp3) is 0.607. The SMILES string of the molecule is CN(C)Cc1ccc(N2CCN(c3nccc(C(N)=O)n3)CC2)c(F)c1.OC12CC3CC(CC(C3)C1)C2. The molecule has 1 amide bonds. The zero-order valence-corrected chi connectivity index (χ0v) is 21.9. The van der Waals surface area contributed by atoms with Gasteiger partial charge in [-0.2, -0.15) is 0 Å². The van der Waals surface area contributed by atoms with Crippen LogP contribution in [0.3, 0.4) is 0 Å². The van der Waals surface area contributed by atoms with Gasteiger partial charge in [-0.3, -0.25) is 4.79 Å². The Balaban J connectivity index is 0.000000208. The molecule has 0 radical (unpaired) electrons. The van der Waals surface area contributed by atoms with Gasteiger partial charge in [0.15, 0.2) is 0 Å². The summed E-state index contributed by atoms with van der Waals surface area (Å²) in [5.74, 6) is 2.38. The van der Waals surface area contributed by atoms with Crippen molar-refractivity contribution in [3.05, 3.63) is 47.5 Å². The van der Waals surface area contributed by atoms with Crippen molar-refractivity contribution in [1.29, 1.82) is 0 Å². The fourth-order valence-electron chi connectivity index (χ4n) is 7.12. The molecule has 4 saturated carbocycles. The van der Waals surface area contributed by atoms with Gasteiger partial charge in [0.25, 0.3) is 5.91 Å². The summed E-state index contributed by atoms with van der Waals surface area (Å²) in [5.41, 5.74) is 6.82. The Morgan fingerprint density at radius 1 is 1.05 bits per heavy atom. The number of rotatable bonds is 5. The number of nitrogens with two attached hydrogens (primary N) is 1. The number of anilines is 2. The number of nitrogens with zero attached hydrogens (tertiary/aromatic N) is 5. The summed E-state index contributed by atoms with van der Waals surface area (Å²) in [7, 11) is 3.92. The minimum absolute atomic E-state index is 0.194. The van der Waals surface area contributed by atoms with Crippen LogP contribution in [-0.2, 0) is 6.54 Å². The second-order valence-electron chi connectivity index (χ2n) is 11.7. The topological polar surface area (TPSA) is 98.8 Å². The van der Waals surface area contributed by atoms with Crippen molar-refractivity contribution in [1.82, 2.24) is 14.9 Å². The van der Waals surface area contributed by atoms with Crippen molar-refractivity contribution in [2.24, 2.45) is 23.5 Å². The van der Waals surface area contributed by atoms with Gasteiger partial charge in [0.05, 0.1) is 11.3 Å². The van der Waals surface area contributed by atoms with Gasteiger partial charge < -0.3 is 25.5 Å². The van der Waals surface area contributed by atoms with E-state index in [2.05, 4.69) is 9.97 Å². The number of benzene rings is 1. The molecule has 5 aliphatic rings. The van der Waals surface area contributed by atoms with Crippen LogP contribution in [0.5, 0.6) is 0 Å². The molecule has 5 fully saturated rings. The van der Waals surface area contributed by atoms with E-state index in [0.29, 0.717) is 44.4 Å². The van der Waals surface area contributed by atoms with E-state index >= 15 is 0 Å². The third-order valence-corrected chi connectivity index (χ3v) is 8.32. The molecule has 2 aromatic rings. The predicted molar refractivity (Wildman–Crippen MR) is 142 cm³/mol. The number of carbonyl (C=O) groups is 1. The number of carbonyl (C=O) groups excluding carboxylic acids is 1. The van der Waals surface area contributed by atoms with E-state index in [9.17, 15) is 14.3 Å². The van der Waals surface area contributed by atoms with Crippen LogP contribution >= 0.6 is 0 Å². The molecule has 1 saturated heterocycles. The summed E-state index contributed by atoms with van der Waals surface area (Å²) in [6.45, 7) is 3.28. The molecule has 9 heteroatoms. The standard InChI is InChI=1S/C18H23FN6O.C10H16O/c1-23(2)12-13-3-4-16(14(19)11-13)24-7-9-25(10-8-24)18-21-6-5-15(22-18)17(20)26;11-10-4-7-1-8(5-10)3-9(2-7)6-10/h3-6,11H,7-10,12H2,1-2H3,(H2,20,26);7-9,11H,1-6H2. The number of halogens is 1. The monoisotopic (exact) mass is 510 g/mol. The first-order valence-electron chi connectivity index (χ1n) is 13.5. The first-order chi connectivity index (χ1) is 17.7. The lowest BCUT2D eigenvalue weighted by atomic mass is 9.54. The Morgan fingerprint density at radius 3 is 2.16 bits per heavy atom. The van der Waals surface area contributed by atoms with E-state index in [0.717, 1.165) is 42.6 Å². The van der Waals surface area contributed by atoms with Gasteiger partial charge >= 0.3 is 0 Å². The average molecular weight is 511 g/mol. The lowest BCUT2D eigenvalue weighted by Gasteiger charge is -2.54. The van der Waals surface area contributed by atoms with Crippen LogP contribution in [0.2, 0.25) is 0 Å². The zero-order chi connectivity index (χ0) is 26.2. The second-order valence-corrected chi connectivity index (χ2v) is 11.7. The summed E-state index contributed by atoms with van der Waals surface area (Å²) in [6, 6.07) is 6.90. The van der Waals surface area contributed by atoms with Gasteiger partial charge in [-0.05, 0) is 94.1 Å². The summed E-state index contributed by atoms with van der Waals surface area (Å²) in [5, 5.41) is 10.1. The third-order valence-electron chi connectivity index (χ3n) is 8.32. The summed E-state index contributed by atoms with van der Waals surface area (Å²) in [6.07, 6.45) is 9.19. The molecule has 2 heterocycles. The van der Waals surface area contributed by atoms with Gasteiger partial charge in [0.2, 0.25) is 5.95 Å². The number of primary amides is 1. The highest BCUT2D eigenvalue weighted by Gasteiger charge is 2.49. The molecular weight excluding hydrogens is 471 g/mol. The molecule has 1 aromatic carbocycles. The maximum absolute atomic E-state index is 14.5. The van der Waals surface area contributed by atoms with E-state index in [1.54, 1.807) is 6.07 Å². The maximum atomic E-state index is 14.5. The van der Waals surface area contributed by atoms with Crippen LogP contribution < -0.4 is 15.5 Å². The highest BCUT2D eigenvalue weighted by molar-refractivity contribution is 5.90. The van der Waals surface area contributed by atoms with E-state index < -0.39 is 5.91 Å². The smallest absolute Gasteiger partial charge is 0.267 e. The average Bonchev–Trinajstić information content (AvgIpc) is 2.83. The Hall–Kier alpha value is -2.78. The summed E-state index contributed by atoms with van der Waals surface area (Å²) >= 11 is 0. The van der Waals surface area contributed by atoms with Crippen molar-refractivity contribution in [2.45, 2.75) is 50.7 Å². The maximum Gasteiger partial charge on any atom is 0.267 e.